The second kappa shape index (κ2) is 4.12. The Morgan fingerprint density at radius 1 is 1.38 bits per heavy atom. The van der Waals surface area contributed by atoms with Gasteiger partial charge in [0, 0.05) is 13.1 Å². The molecule has 3 nitrogen and oxygen atoms in total. The van der Waals surface area contributed by atoms with Gasteiger partial charge in [0.1, 0.15) is 11.4 Å². The average Bonchev–Trinajstić information content (AvgIpc) is 2.73. The molecule has 1 heterocycles. The minimum atomic E-state index is -1.19. The summed E-state index contributed by atoms with van der Waals surface area (Å²) in [6, 6.07) is 2.85. The highest BCUT2D eigenvalue weighted by atomic mass is 19.1. The second-order valence-corrected chi connectivity index (χ2v) is 4.09. The van der Waals surface area contributed by atoms with Crippen LogP contribution in [0.25, 0.3) is 0 Å². The molecule has 1 fully saturated rings. The van der Waals surface area contributed by atoms with Crippen LogP contribution in [-0.4, -0.2) is 24.2 Å². The summed E-state index contributed by atoms with van der Waals surface area (Å²) >= 11 is 0. The summed E-state index contributed by atoms with van der Waals surface area (Å²) in [5, 5.41) is 9.06. The van der Waals surface area contributed by atoms with E-state index in [1.165, 1.54) is 6.07 Å². The molecule has 0 unspecified atom stereocenters. The number of nitrogens with zero attached hydrogens (tertiary/aromatic N) is 1. The van der Waals surface area contributed by atoms with Crippen LogP contribution in [0.15, 0.2) is 12.1 Å². The SMILES string of the molecule is Cc1ccc(F)c(C(=O)O)c1N1CCCC1. The Balaban J connectivity index is 2.55. The van der Waals surface area contributed by atoms with Crippen LogP contribution < -0.4 is 4.90 Å². The van der Waals surface area contributed by atoms with Crippen LogP contribution in [0.4, 0.5) is 10.1 Å². The van der Waals surface area contributed by atoms with E-state index in [4.69, 9.17) is 5.11 Å². The summed E-state index contributed by atoms with van der Waals surface area (Å²) < 4.78 is 13.5. The molecule has 4 heteroatoms. The first-order chi connectivity index (χ1) is 7.61. The van der Waals surface area contributed by atoms with Gasteiger partial charge >= 0.3 is 5.97 Å². The third kappa shape index (κ3) is 1.75. The fourth-order valence-corrected chi connectivity index (χ4v) is 2.22. The van der Waals surface area contributed by atoms with Crippen molar-refractivity contribution in [3.63, 3.8) is 0 Å². The quantitative estimate of drug-likeness (QED) is 0.837. The molecule has 1 saturated heterocycles. The normalized spacial score (nSPS) is 15.5. The van der Waals surface area contributed by atoms with Crippen LogP contribution in [0.1, 0.15) is 28.8 Å². The lowest BCUT2D eigenvalue weighted by molar-refractivity contribution is 0.0692. The van der Waals surface area contributed by atoms with E-state index in [1.807, 2.05) is 11.8 Å². The molecule has 0 atom stereocenters. The van der Waals surface area contributed by atoms with Crippen molar-refractivity contribution < 1.29 is 14.3 Å². The molecule has 1 aliphatic rings. The number of hydrogen-bond acceptors (Lipinski definition) is 2. The van der Waals surface area contributed by atoms with Gasteiger partial charge in [0.15, 0.2) is 0 Å². The topological polar surface area (TPSA) is 40.5 Å². The smallest absolute Gasteiger partial charge is 0.340 e. The zero-order valence-corrected chi connectivity index (χ0v) is 9.16. The number of hydrogen-bond donors (Lipinski definition) is 1. The number of carboxylic acids is 1. The molecular weight excluding hydrogens is 209 g/mol. The van der Waals surface area contributed by atoms with Crippen molar-refractivity contribution in [2.75, 3.05) is 18.0 Å². The maximum atomic E-state index is 13.5. The Bertz CT molecular complexity index is 425. The molecule has 0 saturated carbocycles. The van der Waals surface area contributed by atoms with E-state index in [1.54, 1.807) is 6.07 Å². The van der Waals surface area contributed by atoms with Gasteiger partial charge in [-0.3, -0.25) is 0 Å². The third-order valence-electron chi connectivity index (χ3n) is 2.96. The number of aryl methyl sites for hydroxylation is 1. The highest BCUT2D eigenvalue weighted by molar-refractivity contribution is 5.95. The minimum Gasteiger partial charge on any atom is -0.478 e. The van der Waals surface area contributed by atoms with Gasteiger partial charge in [0.05, 0.1) is 5.69 Å². The molecule has 86 valence electrons. The van der Waals surface area contributed by atoms with Crippen molar-refractivity contribution in [1.29, 1.82) is 0 Å². The van der Waals surface area contributed by atoms with Crippen LogP contribution in [0.2, 0.25) is 0 Å². The van der Waals surface area contributed by atoms with Gasteiger partial charge in [0.25, 0.3) is 0 Å². The maximum Gasteiger partial charge on any atom is 0.340 e. The lowest BCUT2D eigenvalue weighted by atomic mass is 10.1. The van der Waals surface area contributed by atoms with Crippen molar-refractivity contribution in [2.45, 2.75) is 19.8 Å². The molecule has 0 bridgehead atoms. The molecule has 1 N–H and O–H groups in total. The zero-order chi connectivity index (χ0) is 11.7. The summed E-state index contributed by atoms with van der Waals surface area (Å²) in [5.41, 5.74) is 1.17. The highest BCUT2D eigenvalue weighted by Gasteiger charge is 2.24. The Morgan fingerprint density at radius 2 is 2.00 bits per heavy atom. The van der Waals surface area contributed by atoms with Crippen LogP contribution in [0.5, 0.6) is 0 Å². The standard InChI is InChI=1S/C12H14FNO2/c1-8-4-5-9(13)10(12(15)16)11(8)14-6-2-3-7-14/h4-5H,2-3,6-7H2,1H3,(H,15,16). The zero-order valence-electron chi connectivity index (χ0n) is 9.16. The Morgan fingerprint density at radius 3 is 2.56 bits per heavy atom. The van der Waals surface area contributed by atoms with Crippen LogP contribution in [0.3, 0.4) is 0 Å². The number of aromatic carboxylic acids is 1. The van der Waals surface area contributed by atoms with E-state index in [0.29, 0.717) is 5.69 Å². The molecule has 0 spiro atoms. The molecule has 0 amide bonds. The van der Waals surface area contributed by atoms with Gasteiger partial charge in [-0.25, -0.2) is 9.18 Å². The number of benzene rings is 1. The summed E-state index contributed by atoms with van der Waals surface area (Å²) in [5.74, 6) is -1.84. The first-order valence-electron chi connectivity index (χ1n) is 5.38. The summed E-state index contributed by atoms with van der Waals surface area (Å²) in [7, 11) is 0. The van der Waals surface area contributed by atoms with Crippen LogP contribution in [-0.2, 0) is 0 Å². The first-order valence-corrected chi connectivity index (χ1v) is 5.38. The van der Waals surface area contributed by atoms with E-state index in [9.17, 15) is 9.18 Å². The Hall–Kier alpha value is -1.58. The van der Waals surface area contributed by atoms with E-state index in [-0.39, 0.29) is 5.56 Å². The van der Waals surface area contributed by atoms with Crippen LogP contribution >= 0.6 is 0 Å². The minimum absolute atomic E-state index is 0.193. The van der Waals surface area contributed by atoms with Crippen molar-refractivity contribution in [3.05, 3.63) is 29.1 Å². The lowest BCUT2D eigenvalue weighted by Gasteiger charge is -2.22. The Kier molecular flexibility index (Phi) is 2.81. The number of anilines is 1. The van der Waals surface area contributed by atoms with Gasteiger partial charge in [-0.05, 0) is 31.4 Å². The van der Waals surface area contributed by atoms with Crippen LogP contribution in [0, 0.1) is 12.7 Å². The summed E-state index contributed by atoms with van der Waals surface area (Å²) in [4.78, 5) is 13.0. The number of halogens is 1. The van der Waals surface area contributed by atoms with E-state index in [0.717, 1.165) is 31.5 Å². The monoisotopic (exact) mass is 223 g/mol. The molecule has 1 aromatic rings. The van der Waals surface area contributed by atoms with E-state index < -0.39 is 11.8 Å². The van der Waals surface area contributed by atoms with Gasteiger partial charge in [-0.1, -0.05) is 6.07 Å². The van der Waals surface area contributed by atoms with E-state index >= 15 is 0 Å². The van der Waals surface area contributed by atoms with Crippen molar-refractivity contribution in [3.8, 4) is 0 Å². The van der Waals surface area contributed by atoms with Crippen molar-refractivity contribution in [1.82, 2.24) is 0 Å². The predicted octanol–water partition coefficient (Wildman–Crippen LogP) is 2.43. The van der Waals surface area contributed by atoms with Crippen molar-refractivity contribution >= 4 is 11.7 Å². The molecule has 0 aromatic heterocycles. The van der Waals surface area contributed by atoms with Gasteiger partial charge in [-0.2, -0.15) is 0 Å². The largest absolute Gasteiger partial charge is 0.478 e. The molecule has 16 heavy (non-hydrogen) atoms. The summed E-state index contributed by atoms with van der Waals surface area (Å²) in [6.07, 6.45) is 2.07. The van der Waals surface area contributed by atoms with E-state index in [2.05, 4.69) is 0 Å². The molecular formula is C12H14FNO2. The first kappa shape index (κ1) is 10.9. The van der Waals surface area contributed by atoms with Crippen molar-refractivity contribution in [2.24, 2.45) is 0 Å². The number of carboxylic acid groups (broad SMARTS) is 1. The predicted molar refractivity (Wildman–Crippen MR) is 59.5 cm³/mol. The molecule has 1 aliphatic heterocycles. The fraction of sp³-hybridized carbons (Fsp3) is 0.417. The fourth-order valence-electron chi connectivity index (χ4n) is 2.22. The number of carbonyl (C=O) groups is 1. The molecule has 2 rings (SSSR count). The summed E-state index contributed by atoms with van der Waals surface area (Å²) in [6.45, 7) is 3.44. The van der Waals surface area contributed by atoms with Gasteiger partial charge < -0.3 is 10.0 Å². The second-order valence-electron chi connectivity index (χ2n) is 4.09. The Labute approximate surface area is 93.5 Å². The third-order valence-corrected chi connectivity index (χ3v) is 2.96. The average molecular weight is 223 g/mol. The lowest BCUT2D eigenvalue weighted by Crippen LogP contribution is -2.22. The molecule has 0 radical (unpaired) electrons. The maximum absolute atomic E-state index is 13.5. The number of rotatable bonds is 2. The van der Waals surface area contributed by atoms with Gasteiger partial charge in [-0.15, -0.1) is 0 Å². The molecule has 1 aromatic carbocycles. The molecule has 0 aliphatic carbocycles. The highest BCUT2D eigenvalue weighted by Crippen LogP contribution is 2.30. The van der Waals surface area contributed by atoms with Gasteiger partial charge in [0.2, 0.25) is 0 Å².